The Kier molecular flexibility index (Phi) is 5.16. The van der Waals surface area contributed by atoms with Crippen LogP contribution < -0.4 is 4.31 Å². The predicted octanol–water partition coefficient (Wildman–Crippen LogP) is 2.92. The third kappa shape index (κ3) is 3.97. The maximum atomic E-state index is 13.5. The van der Waals surface area contributed by atoms with Crippen LogP contribution in [0.4, 0.5) is 14.6 Å². The highest BCUT2D eigenvalue weighted by atomic mass is 32.2. The summed E-state index contributed by atoms with van der Waals surface area (Å²) in [7, 11) is -3.58. The molecule has 4 heterocycles. The number of hydrogen-bond donors (Lipinski definition) is 2. The van der Waals surface area contributed by atoms with Crippen molar-refractivity contribution in [1.82, 2.24) is 25.1 Å². The van der Waals surface area contributed by atoms with E-state index in [1.165, 1.54) is 22.6 Å². The van der Waals surface area contributed by atoms with Crippen LogP contribution in [0.25, 0.3) is 22.4 Å². The largest absolute Gasteiger partial charge is 0.504 e. The van der Waals surface area contributed by atoms with E-state index in [1.807, 2.05) is 0 Å². The van der Waals surface area contributed by atoms with E-state index in [9.17, 15) is 22.3 Å². The van der Waals surface area contributed by atoms with E-state index >= 15 is 0 Å². The zero-order valence-electron chi connectivity index (χ0n) is 17.2. The maximum absolute atomic E-state index is 13.5. The van der Waals surface area contributed by atoms with Gasteiger partial charge in [-0.3, -0.25) is 9.29 Å². The van der Waals surface area contributed by atoms with Gasteiger partial charge in [0, 0.05) is 30.6 Å². The summed E-state index contributed by atoms with van der Waals surface area (Å²) in [6, 6.07) is 6.41. The van der Waals surface area contributed by atoms with Gasteiger partial charge in [-0.1, -0.05) is 0 Å². The van der Waals surface area contributed by atoms with Crippen molar-refractivity contribution in [1.29, 1.82) is 0 Å². The summed E-state index contributed by atoms with van der Waals surface area (Å²) >= 11 is 0. The zero-order chi connectivity index (χ0) is 23.2. The van der Waals surface area contributed by atoms with Crippen molar-refractivity contribution in [3.05, 3.63) is 59.6 Å². The summed E-state index contributed by atoms with van der Waals surface area (Å²) in [5, 5.41) is 19.2. The van der Waals surface area contributed by atoms with Gasteiger partial charge in [0.15, 0.2) is 23.1 Å². The Morgan fingerprint density at radius 1 is 1.12 bits per heavy atom. The molecule has 0 saturated carbocycles. The summed E-state index contributed by atoms with van der Waals surface area (Å²) < 4.78 is 53.7. The van der Waals surface area contributed by atoms with Crippen LogP contribution in [0, 0.1) is 11.6 Å². The normalized spacial score (nSPS) is 15.8. The number of aromatic hydroxyl groups is 1. The van der Waals surface area contributed by atoms with Gasteiger partial charge in [-0.2, -0.15) is 0 Å². The molecule has 0 bridgehead atoms. The first-order valence-corrected chi connectivity index (χ1v) is 11.8. The van der Waals surface area contributed by atoms with Gasteiger partial charge in [0.05, 0.1) is 5.75 Å². The van der Waals surface area contributed by atoms with Gasteiger partial charge < -0.3 is 10.1 Å². The van der Waals surface area contributed by atoms with E-state index in [0.29, 0.717) is 23.8 Å². The first-order valence-electron chi connectivity index (χ1n) is 10.2. The van der Waals surface area contributed by atoms with Crippen LogP contribution in [-0.4, -0.2) is 51.0 Å². The molecule has 4 aromatic rings. The standard InChI is InChI=1S/C21H18F2N6O3S/c22-13-8-12(9-14(23)11-13)10-16-25-20(28-27-16)18-19(30)17-15(4-3-5-24-17)21(26-18)29-6-1-2-7-33(29,31)32/h3-5,8-9,11,30H,1-2,6-7,10H2,(H,25,27,28). The van der Waals surface area contributed by atoms with Gasteiger partial charge in [-0.25, -0.2) is 22.2 Å². The highest BCUT2D eigenvalue weighted by Gasteiger charge is 2.30. The Hall–Kier alpha value is -3.67. The molecule has 1 aliphatic rings. The lowest BCUT2D eigenvalue weighted by molar-refractivity contribution is 0.479. The Morgan fingerprint density at radius 3 is 2.67 bits per heavy atom. The summed E-state index contributed by atoms with van der Waals surface area (Å²) in [5.74, 6) is -1.20. The van der Waals surface area contributed by atoms with Gasteiger partial charge in [-0.15, -0.1) is 10.2 Å². The van der Waals surface area contributed by atoms with Crippen LogP contribution in [0.1, 0.15) is 24.2 Å². The number of sulfonamides is 1. The van der Waals surface area contributed by atoms with Gasteiger partial charge in [-0.05, 0) is 42.7 Å². The van der Waals surface area contributed by atoms with Crippen molar-refractivity contribution in [3.8, 4) is 17.3 Å². The highest BCUT2D eigenvalue weighted by Crippen LogP contribution is 2.38. The Bertz CT molecular complexity index is 1450. The van der Waals surface area contributed by atoms with E-state index in [2.05, 4.69) is 25.1 Å². The first-order chi connectivity index (χ1) is 15.8. The molecule has 1 fully saturated rings. The first kappa shape index (κ1) is 21.2. The average Bonchev–Trinajstić information content (AvgIpc) is 3.22. The quantitative estimate of drug-likeness (QED) is 0.468. The number of nitrogens with zero attached hydrogens (tertiary/aromatic N) is 5. The molecule has 0 amide bonds. The molecule has 9 nitrogen and oxygen atoms in total. The molecule has 1 aliphatic heterocycles. The summed E-state index contributed by atoms with van der Waals surface area (Å²) in [5.41, 5.74) is 0.484. The van der Waals surface area contributed by atoms with Gasteiger partial charge in [0.1, 0.15) is 23.0 Å². The van der Waals surface area contributed by atoms with Crippen molar-refractivity contribution in [2.24, 2.45) is 0 Å². The molecule has 5 rings (SSSR count). The molecule has 170 valence electrons. The van der Waals surface area contributed by atoms with Crippen LogP contribution in [0.5, 0.6) is 5.75 Å². The average molecular weight is 472 g/mol. The number of aromatic amines is 1. The van der Waals surface area contributed by atoms with E-state index in [0.717, 1.165) is 6.07 Å². The minimum absolute atomic E-state index is 0.00327. The SMILES string of the molecule is O=S1(=O)CCCCN1c1nc(-c2nnc(Cc3cc(F)cc(F)c3)[nH]2)c(O)c2ncccc12. The summed E-state index contributed by atoms with van der Waals surface area (Å²) in [6.07, 6.45) is 2.77. The number of H-pyrrole nitrogens is 1. The van der Waals surface area contributed by atoms with Gasteiger partial charge in [0.2, 0.25) is 10.0 Å². The molecular formula is C21H18F2N6O3S. The molecule has 33 heavy (non-hydrogen) atoms. The van der Waals surface area contributed by atoms with E-state index in [1.54, 1.807) is 12.1 Å². The minimum atomic E-state index is -3.58. The number of anilines is 1. The second-order valence-electron chi connectivity index (χ2n) is 7.70. The third-order valence-electron chi connectivity index (χ3n) is 5.35. The van der Waals surface area contributed by atoms with Crippen molar-refractivity contribution in [2.45, 2.75) is 19.3 Å². The summed E-state index contributed by atoms with van der Waals surface area (Å²) in [6.45, 7) is 0.260. The Morgan fingerprint density at radius 2 is 1.91 bits per heavy atom. The molecule has 2 N–H and O–H groups in total. The van der Waals surface area contributed by atoms with Crippen LogP contribution in [0.15, 0.2) is 36.5 Å². The van der Waals surface area contributed by atoms with E-state index in [-0.39, 0.29) is 53.1 Å². The number of fused-ring (bicyclic) bond motifs is 1. The molecule has 0 spiro atoms. The smallest absolute Gasteiger partial charge is 0.236 e. The van der Waals surface area contributed by atoms with E-state index < -0.39 is 21.7 Å². The van der Waals surface area contributed by atoms with Gasteiger partial charge >= 0.3 is 0 Å². The van der Waals surface area contributed by atoms with Crippen LogP contribution in [0.2, 0.25) is 0 Å². The molecule has 1 saturated heterocycles. The minimum Gasteiger partial charge on any atom is -0.504 e. The fourth-order valence-corrected chi connectivity index (χ4v) is 5.48. The number of aromatic nitrogens is 5. The Balaban J connectivity index is 1.60. The van der Waals surface area contributed by atoms with Crippen molar-refractivity contribution in [3.63, 3.8) is 0 Å². The molecule has 12 heteroatoms. The summed E-state index contributed by atoms with van der Waals surface area (Å²) in [4.78, 5) is 11.5. The van der Waals surface area contributed by atoms with E-state index in [4.69, 9.17) is 0 Å². The van der Waals surface area contributed by atoms with Crippen molar-refractivity contribution in [2.75, 3.05) is 16.6 Å². The molecular weight excluding hydrogens is 454 g/mol. The lowest BCUT2D eigenvalue weighted by atomic mass is 10.1. The molecule has 0 atom stereocenters. The number of benzene rings is 1. The monoisotopic (exact) mass is 472 g/mol. The second kappa shape index (κ2) is 8.03. The molecule has 0 aliphatic carbocycles. The number of pyridine rings is 2. The number of rotatable bonds is 4. The lowest BCUT2D eigenvalue weighted by Crippen LogP contribution is -2.38. The molecule has 3 aromatic heterocycles. The maximum Gasteiger partial charge on any atom is 0.236 e. The fraction of sp³-hybridized carbons (Fsp3) is 0.238. The third-order valence-corrected chi connectivity index (χ3v) is 7.18. The predicted molar refractivity (Wildman–Crippen MR) is 116 cm³/mol. The zero-order valence-corrected chi connectivity index (χ0v) is 18.0. The lowest BCUT2D eigenvalue weighted by Gasteiger charge is -2.28. The van der Waals surface area contributed by atoms with Gasteiger partial charge in [0.25, 0.3) is 0 Å². The van der Waals surface area contributed by atoms with Crippen LogP contribution >= 0.6 is 0 Å². The van der Waals surface area contributed by atoms with Crippen LogP contribution in [0.3, 0.4) is 0 Å². The molecule has 1 aromatic carbocycles. The highest BCUT2D eigenvalue weighted by molar-refractivity contribution is 7.92. The van der Waals surface area contributed by atoms with Crippen molar-refractivity contribution >= 4 is 26.7 Å². The van der Waals surface area contributed by atoms with Crippen LogP contribution in [-0.2, 0) is 16.4 Å². The fourth-order valence-electron chi connectivity index (χ4n) is 3.88. The number of halogens is 2. The Labute approximate surface area is 187 Å². The molecule has 0 unspecified atom stereocenters. The van der Waals surface area contributed by atoms with Crippen molar-refractivity contribution < 1.29 is 22.3 Å². The molecule has 0 radical (unpaired) electrons. The number of nitrogens with one attached hydrogen (secondary N) is 1. The topological polar surface area (TPSA) is 125 Å². The second-order valence-corrected chi connectivity index (χ2v) is 9.72. The number of hydrogen-bond acceptors (Lipinski definition) is 7.